The molecule has 27 heavy (non-hydrogen) atoms. The van der Waals surface area contributed by atoms with Crippen molar-refractivity contribution in [3.63, 3.8) is 0 Å². The van der Waals surface area contributed by atoms with Gasteiger partial charge in [-0.05, 0) is 0 Å². The van der Waals surface area contributed by atoms with E-state index >= 15 is 0 Å². The van der Waals surface area contributed by atoms with Gasteiger partial charge in [0.15, 0.2) is 0 Å². The zero-order valence-corrected chi connectivity index (χ0v) is 16.4. The van der Waals surface area contributed by atoms with Gasteiger partial charge in [-0.2, -0.15) is 0 Å². The Morgan fingerprint density at radius 3 is 0.704 bits per heavy atom. The van der Waals surface area contributed by atoms with E-state index in [9.17, 15) is 0 Å². The number of rotatable bonds is 0. The Kier molecular flexibility index (Phi) is 22.5. The molecule has 0 heterocycles. The summed E-state index contributed by atoms with van der Waals surface area (Å²) in [5, 5.41) is 0. The molecule has 0 radical (unpaired) electrons. The smallest absolute Gasteiger partial charge is 0.366 e. The second-order valence-corrected chi connectivity index (χ2v) is 4.47. The zero-order valence-electron chi connectivity index (χ0n) is 15.5. The van der Waals surface area contributed by atoms with Crippen molar-refractivity contribution in [3.05, 3.63) is 127 Å². The van der Waals surface area contributed by atoms with Crippen molar-refractivity contribution in [3.8, 4) is 17.8 Å². The summed E-state index contributed by atoms with van der Waals surface area (Å²) in [6.45, 7) is 0. The van der Waals surface area contributed by atoms with Crippen LogP contribution in [0.4, 0.5) is 0 Å². The molecule has 0 aliphatic rings. The zero-order chi connectivity index (χ0) is 17.5. The molecule has 3 aromatic carbocycles. The third-order valence-electron chi connectivity index (χ3n) is 2.75. The first-order chi connectivity index (χ1) is 11.8. The standard InChI is InChI=1S/3C8H5.Cu.2Li/c3*1-2-8-6-4-3-5-7-8;;;/h3*3-7H;;;/q3*-1;3*+1. The van der Waals surface area contributed by atoms with Gasteiger partial charge >= 0.3 is 54.8 Å². The van der Waals surface area contributed by atoms with Gasteiger partial charge in [-0.1, -0.05) is 54.6 Å². The average molecular weight is 381 g/mol. The van der Waals surface area contributed by atoms with E-state index in [1.165, 1.54) is 0 Å². The van der Waals surface area contributed by atoms with Crippen LogP contribution in [0.3, 0.4) is 0 Å². The molecule has 0 saturated carbocycles. The van der Waals surface area contributed by atoms with Crippen LogP contribution in [0.1, 0.15) is 16.7 Å². The second kappa shape index (κ2) is 20.4. The number of hydrogen-bond donors (Lipinski definition) is 0. The van der Waals surface area contributed by atoms with Gasteiger partial charge in [0.2, 0.25) is 0 Å². The topological polar surface area (TPSA) is 0 Å². The third-order valence-corrected chi connectivity index (χ3v) is 2.75. The van der Waals surface area contributed by atoms with E-state index in [-0.39, 0.29) is 54.8 Å². The Hall–Kier alpha value is -1.95. The van der Waals surface area contributed by atoms with E-state index in [1.807, 2.05) is 91.0 Å². The monoisotopic (exact) mass is 380 g/mol. The maximum Gasteiger partial charge on any atom is 1.00 e. The van der Waals surface area contributed by atoms with Crippen molar-refractivity contribution in [1.29, 1.82) is 0 Å². The van der Waals surface area contributed by atoms with Crippen molar-refractivity contribution < 1.29 is 54.8 Å². The molecule has 0 aliphatic heterocycles. The van der Waals surface area contributed by atoms with Crippen LogP contribution in [-0.2, 0) is 17.1 Å². The SMILES string of the molecule is [C-]#Cc1ccccc1.[C-]#Cc1ccccc1.[C-]#Cc1ccccc1.[Cu+].[Li+].[Li+]. The van der Waals surface area contributed by atoms with Crippen LogP contribution >= 0.6 is 0 Å². The summed E-state index contributed by atoms with van der Waals surface area (Å²) in [7, 11) is 0. The summed E-state index contributed by atoms with van der Waals surface area (Å²) in [4.78, 5) is 0. The average Bonchev–Trinajstić information content (AvgIpc) is 2.71. The minimum atomic E-state index is 0. The first-order valence-electron chi connectivity index (χ1n) is 7.23. The van der Waals surface area contributed by atoms with Crippen molar-refractivity contribution in [2.75, 3.05) is 0 Å². The van der Waals surface area contributed by atoms with Crippen molar-refractivity contribution >= 4 is 0 Å². The van der Waals surface area contributed by atoms with Crippen LogP contribution in [0.2, 0.25) is 0 Å². The molecule has 124 valence electrons. The molecule has 0 aromatic heterocycles. The summed E-state index contributed by atoms with van der Waals surface area (Å²) < 4.78 is 0. The largest absolute Gasteiger partial charge is 1.00 e. The van der Waals surface area contributed by atoms with Gasteiger partial charge in [0.1, 0.15) is 0 Å². The minimum Gasteiger partial charge on any atom is -0.366 e. The predicted octanol–water partition coefficient (Wildman–Crippen LogP) is -1.12. The van der Waals surface area contributed by atoms with Crippen molar-refractivity contribution in [1.82, 2.24) is 0 Å². The molecule has 3 rings (SSSR count). The van der Waals surface area contributed by atoms with Gasteiger partial charge in [-0.15, -0.1) is 53.1 Å². The summed E-state index contributed by atoms with van der Waals surface area (Å²) in [6, 6.07) is 28.1. The van der Waals surface area contributed by atoms with Crippen LogP contribution < -0.4 is 37.7 Å². The van der Waals surface area contributed by atoms with Crippen LogP contribution in [0.15, 0.2) is 91.0 Å². The normalized spacial score (nSPS) is 7.00. The van der Waals surface area contributed by atoms with Gasteiger partial charge < -0.3 is 19.3 Å². The molecule has 0 amide bonds. The molecule has 0 bridgehead atoms. The molecule has 3 heteroatoms. The molecule has 0 saturated heterocycles. The van der Waals surface area contributed by atoms with E-state index in [1.54, 1.807) is 0 Å². The van der Waals surface area contributed by atoms with E-state index < -0.39 is 0 Å². The fraction of sp³-hybridized carbons (Fsp3) is 0. The molecule has 3 aromatic rings. The fourth-order valence-corrected chi connectivity index (χ4v) is 1.56. The Morgan fingerprint density at radius 2 is 0.593 bits per heavy atom. The van der Waals surface area contributed by atoms with Crippen LogP contribution in [0, 0.1) is 37.0 Å². The van der Waals surface area contributed by atoms with Crippen LogP contribution in [-0.4, -0.2) is 0 Å². The van der Waals surface area contributed by atoms with Gasteiger partial charge in [-0.25, -0.2) is 0 Å². The predicted molar refractivity (Wildman–Crippen MR) is 98.0 cm³/mol. The molecule has 0 spiro atoms. The second-order valence-electron chi connectivity index (χ2n) is 4.47. The summed E-state index contributed by atoms with van der Waals surface area (Å²) in [5.74, 6) is 6.83. The minimum absolute atomic E-state index is 0. The fourth-order valence-electron chi connectivity index (χ4n) is 1.56. The summed E-state index contributed by atoms with van der Waals surface area (Å²) in [6.07, 6.45) is 20.1. The molecule has 0 N–H and O–H groups in total. The molecular formula is C24H15CuLi2. The van der Waals surface area contributed by atoms with Crippen LogP contribution in [0.5, 0.6) is 0 Å². The first kappa shape index (κ1) is 29.8. The van der Waals surface area contributed by atoms with Gasteiger partial charge in [-0.3, -0.25) is 17.8 Å². The third kappa shape index (κ3) is 14.9. The number of benzene rings is 3. The quantitative estimate of drug-likeness (QED) is 0.263. The van der Waals surface area contributed by atoms with Crippen molar-refractivity contribution in [2.24, 2.45) is 0 Å². The van der Waals surface area contributed by atoms with E-state index in [2.05, 4.69) is 17.8 Å². The Morgan fingerprint density at radius 1 is 0.407 bits per heavy atom. The first-order valence-corrected chi connectivity index (χ1v) is 7.23. The maximum absolute atomic E-state index is 6.69. The van der Waals surface area contributed by atoms with Crippen LogP contribution in [0.25, 0.3) is 0 Å². The van der Waals surface area contributed by atoms with Crippen molar-refractivity contribution in [2.45, 2.75) is 0 Å². The van der Waals surface area contributed by atoms with Gasteiger partial charge in [0.05, 0.1) is 0 Å². The van der Waals surface area contributed by atoms with E-state index in [4.69, 9.17) is 19.3 Å². The molecule has 0 nitrogen and oxygen atoms in total. The number of hydrogen-bond acceptors (Lipinski definition) is 0. The van der Waals surface area contributed by atoms with Gasteiger partial charge in [0.25, 0.3) is 0 Å². The van der Waals surface area contributed by atoms with E-state index in [0.717, 1.165) is 16.7 Å². The summed E-state index contributed by atoms with van der Waals surface area (Å²) in [5.41, 5.74) is 2.48. The summed E-state index contributed by atoms with van der Waals surface area (Å²) >= 11 is 0. The Labute approximate surface area is 198 Å². The van der Waals surface area contributed by atoms with Gasteiger partial charge in [0, 0.05) is 0 Å². The Bertz CT molecular complexity index is 707. The van der Waals surface area contributed by atoms with E-state index in [0.29, 0.717) is 0 Å². The maximum atomic E-state index is 6.69. The molecular weight excluding hydrogens is 366 g/mol. The molecule has 0 fully saturated rings. The molecule has 0 aliphatic carbocycles. The Balaban J connectivity index is -0.000000303. The molecule has 0 atom stereocenters. The molecule has 0 unspecified atom stereocenters.